The second kappa shape index (κ2) is 10.6. The van der Waals surface area contributed by atoms with Crippen molar-refractivity contribution in [3.8, 4) is 11.3 Å². The summed E-state index contributed by atoms with van der Waals surface area (Å²) >= 11 is 0. The summed E-state index contributed by atoms with van der Waals surface area (Å²) < 4.78 is 25.8. The van der Waals surface area contributed by atoms with Gasteiger partial charge in [-0.05, 0) is 51.8 Å². The van der Waals surface area contributed by atoms with Gasteiger partial charge in [-0.25, -0.2) is 22.7 Å². The van der Waals surface area contributed by atoms with E-state index >= 15 is 0 Å². The van der Waals surface area contributed by atoms with Gasteiger partial charge >= 0.3 is 0 Å². The predicted octanol–water partition coefficient (Wildman–Crippen LogP) is 1.57. The van der Waals surface area contributed by atoms with Gasteiger partial charge in [-0.1, -0.05) is 6.08 Å². The van der Waals surface area contributed by atoms with Gasteiger partial charge in [-0.3, -0.25) is 4.98 Å². The average molecular weight is 528 g/mol. The maximum Gasteiger partial charge on any atom is 0.227 e. The number of fused-ring (bicyclic) bond motifs is 1. The molecule has 0 spiro atoms. The molecule has 12 heteroatoms. The molecule has 3 atom stereocenters. The first kappa shape index (κ1) is 26.0. The Kier molecular flexibility index (Phi) is 7.44. The van der Waals surface area contributed by atoms with Crippen molar-refractivity contribution in [1.82, 2.24) is 29.1 Å². The van der Waals surface area contributed by atoms with Gasteiger partial charge in [0.15, 0.2) is 0 Å². The van der Waals surface area contributed by atoms with E-state index in [0.717, 1.165) is 55.7 Å². The van der Waals surface area contributed by atoms with Crippen LogP contribution in [0.25, 0.3) is 17.3 Å². The highest BCUT2D eigenvalue weighted by atomic mass is 32.2. The number of piperidine rings is 1. The number of nitrogens with one attached hydrogen (secondary N) is 1. The maximum absolute atomic E-state index is 12.1. The molecule has 0 radical (unpaired) electrons. The molecule has 2 saturated heterocycles. The van der Waals surface area contributed by atoms with Crippen LogP contribution in [0.2, 0.25) is 0 Å². The van der Waals surface area contributed by atoms with Crippen LogP contribution in [0.4, 0.5) is 11.8 Å². The van der Waals surface area contributed by atoms with E-state index in [9.17, 15) is 8.42 Å². The van der Waals surface area contributed by atoms with Gasteiger partial charge in [0, 0.05) is 45.0 Å². The Morgan fingerprint density at radius 3 is 2.73 bits per heavy atom. The van der Waals surface area contributed by atoms with Crippen molar-refractivity contribution in [2.24, 2.45) is 11.7 Å². The second-order valence-corrected chi connectivity index (χ2v) is 12.5. The van der Waals surface area contributed by atoms with Gasteiger partial charge in [0.05, 0.1) is 41.1 Å². The molecule has 3 aliphatic rings. The van der Waals surface area contributed by atoms with Gasteiger partial charge in [0.1, 0.15) is 5.82 Å². The maximum atomic E-state index is 12.1. The van der Waals surface area contributed by atoms with E-state index in [2.05, 4.69) is 34.2 Å². The van der Waals surface area contributed by atoms with Crippen molar-refractivity contribution in [2.45, 2.75) is 37.8 Å². The minimum atomic E-state index is -3.20. The largest absolute Gasteiger partial charge is 0.369 e. The summed E-state index contributed by atoms with van der Waals surface area (Å²) in [4.78, 5) is 23.6. The summed E-state index contributed by atoms with van der Waals surface area (Å²) in [6.07, 6.45) is 12.5. The van der Waals surface area contributed by atoms with Crippen LogP contribution >= 0.6 is 0 Å². The highest BCUT2D eigenvalue weighted by Crippen LogP contribution is 2.31. The average Bonchev–Trinajstić information content (AvgIpc) is 3.38. The first-order valence-corrected chi connectivity index (χ1v) is 14.8. The Hall–Kier alpha value is -2.67. The summed E-state index contributed by atoms with van der Waals surface area (Å²) in [7, 11) is 1.00. The fourth-order valence-electron chi connectivity index (χ4n) is 5.32. The molecule has 37 heavy (non-hydrogen) atoms. The fraction of sp³-hybridized carbons (Fsp3) is 0.600. The lowest BCUT2D eigenvalue weighted by molar-refractivity contribution is 0.276. The molecule has 0 saturated carbocycles. The zero-order valence-corrected chi connectivity index (χ0v) is 22.7. The van der Waals surface area contributed by atoms with E-state index in [-0.39, 0.29) is 12.0 Å². The summed E-state index contributed by atoms with van der Waals surface area (Å²) in [5.74, 6) is 1.56. The quantitative estimate of drug-likeness (QED) is 0.546. The van der Waals surface area contributed by atoms with Gasteiger partial charge in [-0.2, -0.15) is 4.98 Å². The van der Waals surface area contributed by atoms with E-state index in [1.807, 2.05) is 18.3 Å². The molecule has 0 amide bonds. The minimum absolute atomic E-state index is 0.151. The van der Waals surface area contributed by atoms with E-state index in [0.29, 0.717) is 43.1 Å². The fourth-order valence-corrected chi connectivity index (χ4v) is 6.26. The third kappa shape index (κ3) is 5.77. The number of hydrogen-bond acceptors (Lipinski definition) is 10. The molecule has 2 aromatic heterocycles. The molecular weight excluding hydrogens is 490 g/mol. The Bertz CT molecular complexity index is 1270. The van der Waals surface area contributed by atoms with Gasteiger partial charge < -0.3 is 20.9 Å². The number of sulfonamides is 1. The number of aromatic nitrogens is 4. The number of nitrogens with two attached hydrogens (primary N) is 1. The second-order valence-electron chi connectivity index (χ2n) is 10.6. The van der Waals surface area contributed by atoms with E-state index in [1.165, 1.54) is 6.26 Å². The van der Waals surface area contributed by atoms with E-state index < -0.39 is 10.0 Å². The number of hydrogen-bond donors (Lipinski definition) is 2. The van der Waals surface area contributed by atoms with Gasteiger partial charge in [0.25, 0.3) is 0 Å². The molecule has 2 unspecified atom stereocenters. The molecule has 2 fully saturated rings. The van der Waals surface area contributed by atoms with Crippen LogP contribution in [0, 0.1) is 5.92 Å². The van der Waals surface area contributed by atoms with Crippen molar-refractivity contribution in [1.29, 1.82) is 0 Å². The van der Waals surface area contributed by atoms with Crippen molar-refractivity contribution >= 4 is 27.9 Å². The molecule has 200 valence electrons. The monoisotopic (exact) mass is 527 g/mol. The normalized spacial score (nSPS) is 24.5. The molecule has 1 aliphatic carbocycles. The molecule has 0 bridgehead atoms. The standard InChI is InChI=1S/C25H37N9O2S/c1-32(2)18-9-11-33(16-18)25-29-13-19(22-14-27-23-20(26)7-4-8-21(23)30-22)24(31-25)28-12-17-6-5-10-34(15-17)37(3,35)36/h4,8,13-14,17-18,20H,5-7,9-12,15-16,26H2,1-3H3,(H,28,29,31)/t17?,18-,20?/m1/s1. The lowest BCUT2D eigenvalue weighted by Gasteiger charge is -2.31. The Balaban J connectivity index is 1.42. The van der Waals surface area contributed by atoms with E-state index in [4.69, 9.17) is 20.7 Å². The molecule has 4 heterocycles. The molecular formula is C25H37N9O2S. The van der Waals surface area contributed by atoms with Gasteiger partial charge in [-0.15, -0.1) is 0 Å². The minimum Gasteiger partial charge on any atom is -0.369 e. The Labute approximate surface area is 219 Å². The summed E-state index contributed by atoms with van der Waals surface area (Å²) in [6.45, 7) is 3.48. The van der Waals surface area contributed by atoms with E-state index in [1.54, 1.807) is 10.5 Å². The third-order valence-electron chi connectivity index (χ3n) is 7.58. The molecule has 3 N–H and O–H groups in total. The van der Waals surface area contributed by atoms with Crippen molar-refractivity contribution in [3.05, 3.63) is 29.9 Å². The predicted molar refractivity (Wildman–Crippen MR) is 146 cm³/mol. The van der Waals surface area contributed by atoms with Gasteiger partial charge in [0.2, 0.25) is 16.0 Å². The van der Waals surface area contributed by atoms with Crippen LogP contribution in [-0.2, 0) is 10.0 Å². The van der Waals surface area contributed by atoms with Crippen molar-refractivity contribution < 1.29 is 8.42 Å². The van der Waals surface area contributed by atoms with Crippen LogP contribution in [0.15, 0.2) is 18.5 Å². The summed E-state index contributed by atoms with van der Waals surface area (Å²) in [5, 5.41) is 3.52. The smallest absolute Gasteiger partial charge is 0.227 e. The highest BCUT2D eigenvalue weighted by molar-refractivity contribution is 7.88. The number of rotatable bonds is 7. The van der Waals surface area contributed by atoms with Crippen LogP contribution in [0.1, 0.15) is 43.1 Å². The number of likely N-dealkylation sites (N-methyl/N-ethyl adjacent to an activating group) is 1. The zero-order chi connectivity index (χ0) is 26.2. The topological polar surface area (TPSA) is 133 Å². The summed E-state index contributed by atoms with van der Waals surface area (Å²) in [6, 6.07) is 0.313. The zero-order valence-electron chi connectivity index (χ0n) is 21.8. The lowest BCUT2D eigenvalue weighted by atomic mass is 9.99. The Morgan fingerprint density at radius 2 is 1.97 bits per heavy atom. The highest BCUT2D eigenvalue weighted by Gasteiger charge is 2.28. The van der Waals surface area contributed by atoms with Crippen LogP contribution < -0.4 is 16.0 Å². The SMILES string of the molecule is CN(C)[C@@H]1CCN(c2ncc(-c3cnc4c(n3)C=CCC4N)c(NCC3CCCN(S(C)(=O)=O)C3)n2)C1. The Morgan fingerprint density at radius 1 is 1.14 bits per heavy atom. The third-order valence-corrected chi connectivity index (χ3v) is 8.85. The summed E-state index contributed by atoms with van der Waals surface area (Å²) in [5.41, 5.74) is 9.24. The number of anilines is 2. The molecule has 2 aliphatic heterocycles. The lowest BCUT2D eigenvalue weighted by Crippen LogP contribution is -2.41. The molecule has 11 nitrogen and oxygen atoms in total. The number of nitrogens with zero attached hydrogens (tertiary/aromatic N) is 7. The van der Waals surface area contributed by atoms with Crippen LogP contribution in [0.3, 0.4) is 0 Å². The van der Waals surface area contributed by atoms with Crippen LogP contribution in [0.5, 0.6) is 0 Å². The van der Waals surface area contributed by atoms with Crippen LogP contribution in [-0.4, -0.2) is 96.7 Å². The first-order valence-electron chi connectivity index (χ1n) is 13.0. The van der Waals surface area contributed by atoms with Crippen molar-refractivity contribution in [2.75, 3.05) is 63.3 Å². The molecule has 0 aromatic carbocycles. The first-order chi connectivity index (χ1) is 17.7. The molecule has 5 rings (SSSR count). The molecule has 2 aromatic rings. The van der Waals surface area contributed by atoms with Crippen molar-refractivity contribution in [3.63, 3.8) is 0 Å².